The van der Waals surface area contributed by atoms with Crippen LogP contribution in [-0.2, 0) is 9.31 Å². The fourth-order valence-corrected chi connectivity index (χ4v) is 3.08. The number of hydrogen-bond acceptors (Lipinski definition) is 3. The van der Waals surface area contributed by atoms with Crippen LogP contribution in [0.3, 0.4) is 0 Å². The molecule has 2 fully saturated rings. The molecular formula is C15H24BFN2O2. The van der Waals surface area contributed by atoms with Gasteiger partial charge >= 0.3 is 7.12 Å². The third-order valence-corrected chi connectivity index (χ3v) is 5.17. The number of nitrogens with zero attached hydrogens (tertiary/aromatic N) is 2. The van der Waals surface area contributed by atoms with Crippen LogP contribution in [0.25, 0.3) is 0 Å². The zero-order valence-electron chi connectivity index (χ0n) is 13.4. The predicted octanol–water partition coefficient (Wildman–Crippen LogP) is 2.83. The second kappa shape index (κ2) is 5.09. The van der Waals surface area contributed by atoms with E-state index in [-0.39, 0.29) is 6.04 Å². The van der Waals surface area contributed by atoms with Crippen molar-refractivity contribution < 1.29 is 13.7 Å². The summed E-state index contributed by atoms with van der Waals surface area (Å²) in [4.78, 5) is 4.05. The van der Waals surface area contributed by atoms with Crippen molar-refractivity contribution in [2.45, 2.75) is 77.0 Å². The first kappa shape index (κ1) is 15.0. The molecule has 4 nitrogen and oxygen atoms in total. The highest BCUT2D eigenvalue weighted by Crippen LogP contribution is 2.36. The smallest absolute Gasteiger partial charge is 0.398 e. The van der Waals surface area contributed by atoms with Gasteiger partial charge in [0.05, 0.1) is 16.8 Å². The van der Waals surface area contributed by atoms with Crippen molar-refractivity contribution in [3.63, 3.8) is 0 Å². The van der Waals surface area contributed by atoms with Crippen LogP contribution < -0.4 is 5.59 Å². The third kappa shape index (κ3) is 2.64. The molecule has 0 amide bonds. The van der Waals surface area contributed by atoms with Crippen LogP contribution in [0.5, 0.6) is 0 Å². The highest BCUT2D eigenvalue weighted by Gasteiger charge is 2.52. The molecule has 0 unspecified atom stereocenters. The summed E-state index contributed by atoms with van der Waals surface area (Å²) in [5.41, 5.74) is -0.317. The van der Waals surface area contributed by atoms with Gasteiger partial charge in [0, 0.05) is 12.2 Å². The van der Waals surface area contributed by atoms with E-state index in [1.807, 2.05) is 27.7 Å². The van der Waals surface area contributed by atoms with Crippen LogP contribution in [0.2, 0.25) is 0 Å². The third-order valence-electron chi connectivity index (χ3n) is 5.17. The molecule has 0 radical (unpaired) electrons. The van der Waals surface area contributed by atoms with Crippen LogP contribution in [0, 0.1) is 6.08 Å². The summed E-state index contributed by atoms with van der Waals surface area (Å²) in [6.07, 6.45) is 6.96. The van der Waals surface area contributed by atoms with E-state index in [4.69, 9.17) is 9.31 Å². The van der Waals surface area contributed by atoms with Gasteiger partial charge in [0.2, 0.25) is 0 Å². The van der Waals surface area contributed by atoms with Crippen molar-refractivity contribution in [3.05, 3.63) is 12.3 Å². The Balaban J connectivity index is 1.81. The maximum atomic E-state index is 14.2. The molecule has 6 heteroatoms. The minimum absolute atomic E-state index is 0.224. The molecule has 1 aromatic heterocycles. The van der Waals surface area contributed by atoms with Crippen LogP contribution in [0.4, 0.5) is 4.39 Å². The average Bonchev–Trinajstić information content (AvgIpc) is 2.89. The van der Waals surface area contributed by atoms with Crippen LogP contribution in [-0.4, -0.2) is 27.9 Å². The van der Waals surface area contributed by atoms with E-state index >= 15 is 0 Å². The van der Waals surface area contributed by atoms with Crippen molar-refractivity contribution in [3.8, 4) is 0 Å². The van der Waals surface area contributed by atoms with E-state index in [1.54, 1.807) is 10.8 Å². The van der Waals surface area contributed by atoms with Crippen molar-refractivity contribution in [1.29, 1.82) is 0 Å². The van der Waals surface area contributed by atoms with E-state index in [0.717, 1.165) is 25.7 Å². The molecule has 0 atom stereocenters. The minimum Gasteiger partial charge on any atom is -0.398 e. The number of aromatic nitrogens is 2. The van der Waals surface area contributed by atoms with Crippen molar-refractivity contribution >= 4 is 12.7 Å². The fraction of sp³-hybridized carbons (Fsp3) is 0.800. The summed E-state index contributed by atoms with van der Waals surface area (Å²) in [5.74, 6) is 0. The molecule has 1 saturated heterocycles. The Morgan fingerprint density at radius 1 is 1.14 bits per heavy atom. The topological polar surface area (TPSA) is 36.3 Å². The van der Waals surface area contributed by atoms with Crippen LogP contribution >= 0.6 is 0 Å². The van der Waals surface area contributed by atoms with Crippen molar-refractivity contribution in [2.24, 2.45) is 0 Å². The highest BCUT2D eigenvalue weighted by molar-refractivity contribution is 6.61. The fourth-order valence-electron chi connectivity index (χ4n) is 3.08. The Labute approximate surface area is 126 Å². The summed E-state index contributed by atoms with van der Waals surface area (Å²) in [6, 6.07) is 0.224. The molecule has 1 aliphatic heterocycles. The lowest BCUT2D eigenvalue weighted by atomic mass is 9.85. The van der Waals surface area contributed by atoms with E-state index in [9.17, 15) is 4.39 Å². The Kier molecular flexibility index (Phi) is 3.65. The number of imidazole rings is 1. The van der Waals surface area contributed by atoms with Crippen LogP contribution in [0.1, 0.15) is 65.8 Å². The number of hydrogen-bond donors (Lipinski definition) is 0. The summed E-state index contributed by atoms with van der Waals surface area (Å²) in [5, 5.41) is 0. The van der Waals surface area contributed by atoms with Gasteiger partial charge in [-0.25, -0.2) is 4.98 Å². The Bertz CT molecular complexity index is 508. The predicted molar refractivity (Wildman–Crippen MR) is 80.0 cm³/mol. The van der Waals surface area contributed by atoms with Gasteiger partial charge in [-0.2, -0.15) is 4.39 Å². The summed E-state index contributed by atoms with van der Waals surface area (Å²) >= 11 is 0. The van der Waals surface area contributed by atoms with Gasteiger partial charge in [0.25, 0.3) is 6.08 Å². The first-order valence-electron chi connectivity index (χ1n) is 7.90. The second-order valence-electron chi connectivity index (χ2n) is 7.22. The molecule has 0 spiro atoms. The largest absolute Gasteiger partial charge is 0.516 e. The molecule has 1 aliphatic carbocycles. The normalized spacial score (nSPS) is 25.5. The lowest BCUT2D eigenvalue weighted by molar-refractivity contribution is 0.00578. The van der Waals surface area contributed by atoms with Crippen molar-refractivity contribution in [2.75, 3.05) is 0 Å². The molecule has 2 heterocycles. The molecule has 21 heavy (non-hydrogen) atoms. The lowest BCUT2D eigenvalue weighted by Crippen LogP contribution is -2.41. The standard InChI is InChI=1S/C15H24BFN2O2/c1-14(2)15(3,4)21-16(20-14)12-10-19(13(17)18-12)11-8-6-5-7-9-11/h10-11H,5-9H2,1-4H3. The van der Waals surface area contributed by atoms with Crippen LogP contribution in [0.15, 0.2) is 6.20 Å². The van der Waals surface area contributed by atoms with Gasteiger partial charge in [-0.3, -0.25) is 0 Å². The molecule has 1 saturated carbocycles. The maximum Gasteiger partial charge on any atom is 0.516 e. The van der Waals surface area contributed by atoms with E-state index in [1.165, 1.54) is 6.42 Å². The zero-order valence-corrected chi connectivity index (χ0v) is 13.4. The van der Waals surface area contributed by atoms with Gasteiger partial charge in [-0.1, -0.05) is 19.3 Å². The molecule has 0 aromatic carbocycles. The molecule has 116 valence electrons. The quantitative estimate of drug-likeness (QED) is 0.787. The summed E-state index contributed by atoms with van der Waals surface area (Å²) in [6.45, 7) is 7.95. The molecule has 2 aliphatic rings. The first-order valence-corrected chi connectivity index (χ1v) is 7.90. The minimum atomic E-state index is -0.589. The first-order chi connectivity index (χ1) is 9.80. The maximum absolute atomic E-state index is 14.2. The molecule has 0 N–H and O–H groups in total. The average molecular weight is 294 g/mol. The number of halogens is 1. The monoisotopic (exact) mass is 294 g/mol. The van der Waals surface area contributed by atoms with E-state index in [2.05, 4.69) is 4.98 Å². The molecule has 1 aromatic rings. The Morgan fingerprint density at radius 2 is 1.71 bits per heavy atom. The molecule has 0 bridgehead atoms. The summed E-state index contributed by atoms with van der Waals surface area (Å²) < 4.78 is 27.7. The Hall–Kier alpha value is -0.875. The lowest BCUT2D eigenvalue weighted by Gasteiger charge is -2.32. The second-order valence-corrected chi connectivity index (χ2v) is 7.22. The van der Waals surface area contributed by atoms with Crippen molar-refractivity contribution in [1.82, 2.24) is 9.55 Å². The van der Waals surface area contributed by atoms with Gasteiger partial charge in [0.15, 0.2) is 0 Å². The van der Waals surface area contributed by atoms with Gasteiger partial charge in [-0.05, 0) is 40.5 Å². The summed E-state index contributed by atoms with van der Waals surface area (Å²) in [7, 11) is -0.589. The van der Waals surface area contributed by atoms with Gasteiger partial charge in [-0.15, -0.1) is 0 Å². The highest BCUT2D eigenvalue weighted by atomic mass is 19.1. The Morgan fingerprint density at radius 3 is 2.29 bits per heavy atom. The van der Waals surface area contributed by atoms with E-state index < -0.39 is 24.4 Å². The SMILES string of the molecule is CC1(C)OB(c2cn(C3CCCCC3)c(F)n2)OC1(C)C. The van der Waals surface area contributed by atoms with Gasteiger partial charge in [0.1, 0.15) is 0 Å². The van der Waals surface area contributed by atoms with Gasteiger partial charge < -0.3 is 13.9 Å². The molecule has 3 rings (SSSR count). The zero-order chi connectivity index (χ0) is 15.3. The number of rotatable bonds is 2. The van der Waals surface area contributed by atoms with E-state index in [0.29, 0.717) is 5.59 Å². The molecular weight excluding hydrogens is 270 g/mol.